The molecular formula is C14H17F7O8S. The number of rotatable bonds is 11. The molecule has 1 N–H and O–H groups in total. The van der Waals surface area contributed by atoms with Crippen molar-refractivity contribution in [2.45, 2.75) is 49.3 Å². The van der Waals surface area contributed by atoms with E-state index in [4.69, 9.17) is 4.55 Å². The summed E-state index contributed by atoms with van der Waals surface area (Å²) in [6, 6.07) is 0. The lowest BCUT2D eigenvalue weighted by Crippen LogP contribution is -2.58. The van der Waals surface area contributed by atoms with Crippen molar-refractivity contribution >= 4 is 22.1 Å². The first-order valence-electron chi connectivity index (χ1n) is 7.67. The fourth-order valence-electron chi connectivity index (χ4n) is 1.74. The molecule has 0 aliphatic carbocycles. The van der Waals surface area contributed by atoms with E-state index in [1.807, 2.05) is 0 Å². The van der Waals surface area contributed by atoms with Gasteiger partial charge in [0.1, 0.15) is 0 Å². The van der Waals surface area contributed by atoms with Crippen LogP contribution in [0.2, 0.25) is 0 Å². The van der Waals surface area contributed by atoms with Crippen molar-refractivity contribution in [3.63, 3.8) is 0 Å². The lowest BCUT2D eigenvalue weighted by molar-refractivity contribution is -0.354. The highest BCUT2D eigenvalue weighted by Crippen LogP contribution is 2.42. The minimum Gasteiger partial charge on any atom is -0.464 e. The van der Waals surface area contributed by atoms with E-state index in [0.717, 1.165) is 6.92 Å². The largest absolute Gasteiger partial charge is 0.468 e. The first-order valence-corrected chi connectivity index (χ1v) is 9.11. The maximum Gasteiger partial charge on any atom is 0.468 e. The fourth-order valence-corrected chi connectivity index (χ4v) is 2.22. The lowest BCUT2D eigenvalue weighted by Gasteiger charge is -2.32. The van der Waals surface area contributed by atoms with Crippen molar-refractivity contribution in [1.82, 2.24) is 0 Å². The van der Waals surface area contributed by atoms with Gasteiger partial charge in [-0.3, -0.25) is 4.55 Å². The van der Waals surface area contributed by atoms with Crippen molar-refractivity contribution in [3.05, 3.63) is 12.2 Å². The molecule has 0 aliphatic rings. The van der Waals surface area contributed by atoms with E-state index in [1.165, 1.54) is 0 Å². The van der Waals surface area contributed by atoms with Gasteiger partial charge < -0.3 is 14.2 Å². The van der Waals surface area contributed by atoms with Gasteiger partial charge in [0.2, 0.25) is 0 Å². The molecular weight excluding hydrogens is 461 g/mol. The molecule has 0 saturated carbocycles. The van der Waals surface area contributed by atoms with Crippen LogP contribution in [0.4, 0.5) is 30.7 Å². The average molecular weight is 478 g/mol. The third-order valence-corrected chi connectivity index (χ3v) is 4.30. The van der Waals surface area contributed by atoms with Gasteiger partial charge in [-0.05, 0) is 19.8 Å². The van der Waals surface area contributed by atoms with Gasteiger partial charge in [-0.2, -0.15) is 39.2 Å². The van der Waals surface area contributed by atoms with Crippen LogP contribution in [0.1, 0.15) is 26.2 Å². The Morgan fingerprint density at radius 3 is 1.90 bits per heavy atom. The Labute approximate surface area is 165 Å². The SMILES string of the molecule is C=C(C)C(=O)OC(OCCCCC(F)(F)C(F)(F)S(=O)(=O)O)(C(=O)OC)C(F)(F)F. The van der Waals surface area contributed by atoms with Crippen LogP contribution in [0.5, 0.6) is 0 Å². The highest BCUT2D eigenvalue weighted by atomic mass is 32.2. The van der Waals surface area contributed by atoms with E-state index in [0.29, 0.717) is 7.11 Å². The van der Waals surface area contributed by atoms with Crippen molar-refractivity contribution < 1.29 is 67.5 Å². The number of methoxy groups -OCH3 is 1. The minimum absolute atomic E-state index is 0.499. The molecule has 8 nitrogen and oxygen atoms in total. The van der Waals surface area contributed by atoms with E-state index < -0.39 is 76.6 Å². The molecule has 0 fully saturated rings. The maximum atomic E-state index is 13.4. The Hall–Kier alpha value is -1.94. The Balaban J connectivity index is 5.35. The molecule has 16 heteroatoms. The van der Waals surface area contributed by atoms with Crippen LogP contribution in [-0.2, 0) is 33.9 Å². The van der Waals surface area contributed by atoms with E-state index in [-0.39, 0.29) is 0 Å². The van der Waals surface area contributed by atoms with Gasteiger partial charge in [0.25, 0.3) is 0 Å². The van der Waals surface area contributed by atoms with Gasteiger partial charge in [0, 0.05) is 12.0 Å². The van der Waals surface area contributed by atoms with Gasteiger partial charge in [0.05, 0.1) is 13.7 Å². The number of esters is 2. The van der Waals surface area contributed by atoms with Crippen LogP contribution in [0.3, 0.4) is 0 Å². The number of carbonyl (C=O) groups is 2. The van der Waals surface area contributed by atoms with E-state index in [1.54, 1.807) is 0 Å². The molecule has 0 aliphatic heterocycles. The molecule has 0 rings (SSSR count). The summed E-state index contributed by atoms with van der Waals surface area (Å²) in [7, 11) is -5.97. The summed E-state index contributed by atoms with van der Waals surface area (Å²) in [6.07, 6.45) is -9.47. The summed E-state index contributed by atoms with van der Waals surface area (Å²) in [6.45, 7) is 2.72. The Bertz CT molecular complexity index is 763. The molecule has 1 unspecified atom stereocenters. The number of carbonyl (C=O) groups excluding carboxylic acids is 2. The van der Waals surface area contributed by atoms with Crippen LogP contribution < -0.4 is 0 Å². The number of ether oxygens (including phenoxy) is 3. The minimum atomic E-state index is -6.47. The second kappa shape index (κ2) is 9.47. The van der Waals surface area contributed by atoms with Crippen LogP contribution in [0.15, 0.2) is 12.2 Å². The molecule has 0 amide bonds. The molecule has 176 valence electrons. The number of unbranched alkanes of at least 4 members (excludes halogenated alkanes) is 1. The molecule has 0 aromatic rings. The van der Waals surface area contributed by atoms with Crippen LogP contribution in [-0.4, -0.2) is 61.8 Å². The van der Waals surface area contributed by atoms with Crippen molar-refractivity contribution in [1.29, 1.82) is 0 Å². The zero-order chi connectivity index (χ0) is 24.2. The topological polar surface area (TPSA) is 116 Å². The maximum absolute atomic E-state index is 13.4. The van der Waals surface area contributed by atoms with Crippen LogP contribution in [0, 0.1) is 0 Å². The van der Waals surface area contributed by atoms with Crippen LogP contribution >= 0.6 is 0 Å². The highest BCUT2D eigenvalue weighted by molar-refractivity contribution is 7.87. The summed E-state index contributed by atoms with van der Waals surface area (Å²) in [5, 5.41) is -5.85. The predicted octanol–water partition coefficient (Wildman–Crippen LogP) is 2.84. The van der Waals surface area contributed by atoms with Crippen molar-refractivity contribution in [3.8, 4) is 0 Å². The summed E-state index contributed by atoms with van der Waals surface area (Å²) in [4.78, 5) is 23.1. The smallest absolute Gasteiger partial charge is 0.464 e. The molecule has 0 aromatic heterocycles. The normalized spacial score (nSPS) is 15.3. The average Bonchev–Trinajstić information content (AvgIpc) is 2.56. The van der Waals surface area contributed by atoms with Gasteiger partial charge >= 0.3 is 45.2 Å². The number of alkyl halides is 7. The zero-order valence-corrected chi connectivity index (χ0v) is 16.2. The Morgan fingerprint density at radius 1 is 1.03 bits per heavy atom. The molecule has 0 saturated heterocycles. The molecule has 1 atom stereocenters. The fraction of sp³-hybridized carbons (Fsp3) is 0.714. The molecule has 0 aromatic carbocycles. The van der Waals surface area contributed by atoms with E-state index in [2.05, 4.69) is 20.8 Å². The number of hydrogen-bond acceptors (Lipinski definition) is 7. The van der Waals surface area contributed by atoms with Gasteiger partial charge in [-0.15, -0.1) is 0 Å². The predicted molar refractivity (Wildman–Crippen MR) is 83.0 cm³/mol. The van der Waals surface area contributed by atoms with E-state index >= 15 is 0 Å². The Morgan fingerprint density at radius 2 is 1.53 bits per heavy atom. The molecule has 0 bridgehead atoms. The quantitative estimate of drug-likeness (QED) is 0.120. The van der Waals surface area contributed by atoms with Crippen molar-refractivity contribution in [2.24, 2.45) is 0 Å². The number of hydrogen-bond donors (Lipinski definition) is 1. The second-order valence-electron chi connectivity index (χ2n) is 5.78. The summed E-state index contributed by atoms with van der Waals surface area (Å²) in [5.74, 6) is -13.5. The molecule has 0 radical (unpaired) electrons. The zero-order valence-electron chi connectivity index (χ0n) is 15.4. The first kappa shape index (κ1) is 28.1. The third kappa shape index (κ3) is 6.04. The number of halogens is 7. The molecule has 30 heavy (non-hydrogen) atoms. The lowest BCUT2D eigenvalue weighted by atomic mass is 10.1. The van der Waals surface area contributed by atoms with Crippen molar-refractivity contribution in [2.75, 3.05) is 13.7 Å². The van der Waals surface area contributed by atoms with Crippen LogP contribution in [0.25, 0.3) is 0 Å². The van der Waals surface area contributed by atoms with E-state index in [9.17, 15) is 48.7 Å². The highest BCUT2D eigenvalue weighted by Gasteiger charge is 2.68. The van der Waals surface area contributed by atoms with Gasteiger partial charge in [-0.25, -0.2) is 9.59 Å². The first-order chi connectivity index (χ1) is 13.3. The standard InChI is InChI=1S/C14H17F7O8S/c1-8(2)9(22)29-12(10(23)27-3,13(17,18)19)28-7-5-4-6-11(15,16)14(20,21)30(24,25)26/h1,4-7H2,2-3H3,(H,24,25,26). The third-order valence-electron chi connectivity index (χ3n) is 3.35. The summed E-state index contributed by atoms with van der Waals surface area (Å²) < 4.78 is 134. The molecule has 0 spiro atoms. The second-order valence-corrected chi connectivity index (χ2v) is 7.24. The van der Waals surface area contributed by atoms with Gasteiger partial charge in [0.15, 0.2) is 0 Å². The summed E-state index contributed by atoms with van der Waals surface area (Å²) in [5.41, 5.74) is -0.566. The monoisotopic (exact) mass is 478 g/mol. The Kier molecular flexibility index (Phi) is 8.85. The molecule has 0 heterocycles. The summed E-state index contributed by atoms with van der Waals surface area (Å²) >= 11 is 0. The van der Waals surface area contributed by atoms with Gasteiger partial charge in [-0.1, -0.05) is 6.58 Å².